The summed E-state index contributed by atoms with van der Waals surface area (Å²) in [6, 6.07) is 0. The van der Waals surface area contributed by atoms with Crippen LogP contribution in [0.15, 0.2) is 0 Å². The molecule has 0 spiro atoms. The second-order valence-electron chi connectivity index (χ2n) is 5.48. The Kier molecular flexibility index (Phi) is 6.09. The van der Waals surface area contributed by atoms with Crippen molar-refractivity contribution in [1.29, 1.82) is 0 Å². The number of thioether (sulfide) groups is 1. The van der Waals surface area contributed by atoms with Crippen LogP contribution in [0.2, 0.25) is 0 Å². The highest BCUT2D eigenvalue weighted by Crippen LogP contribution is 2.21. The molecule has 0 radical (unpaired) electrons. The highest BCUT2D eigenvalue weighted by molar-refractivity contribution is 7.99. The molecule has 2 saturated heterocycles. The number of methoxy groups -OCH3 is 1. The predicted molar refractivity (Wildman–Crippen MR) is 91.3 cm³/mol. The first kappa shape index (κ1) is 16.9. The normalized spacial score (nSPS) is 22.4. The largest absolute Gasteiger partial charge is 0.384 e. The van der Waals surface area contributed by atoms with E-state index >= 15 is 0 Å². The molecule has 1 amide bonds. The Bertz CT molecular complexity index is 522. The number of hydrogen-bond donors (Lipinski definition) is 0. The topological polar surface area (TPSA) is 67.8 Å². The number of carbonyl (C=O) groups is 1. The number of rotatable bonds is 5. The summed E-state index contributed by atoms with van der Waals surface area (Å²) in [5.41, 5.74) is 0. The Morgan fingerprint density at radius 2 is 2.22 bits per heavy atom. The molecule has 0 bridgehead atoms. The van der Waals surface area contributed by atoms with Crippen molar-refractivity contribution in [2.45, 2.75) is 12.5 Å². The standard InChI is InChI=1S/C14H22N4O3S2/c1-20-6-2-12-15-14(23-16-12)18-3-7-21-11(10-18)13(19)17-4-8-22-9-5-17/h11H,2-10H2,1H3. The molecular weight excluding hydrogens is 336 g/mol. The van der Waals surface area contributed by atoms with E-state index in [1.54, 1.807) is 7.11 Å². The van der Waals surface area contributed by atoms with Gasteiger partial charge in [0, 0.05) is 56.2 Å². The van der Waals surface area contributed by atoms with Crippen LogP contribution in [0.1, 0.15) is 5.82 Å². The van der Waals surface area contributed by atoms with Gasteiger partial charge in [-0.15, -0.1) is 0 Å². The van der Waals surface area contributed by atoms with Gasteiger partial charge in [0.25, 0.3) is 5.91 Å². The van der Waals surface area contributed by atoms with Crippen molar-refractivity contribution in [2.24, 2.45) is 0 Å². The molecule has 0 N–H and O–H groups in total. The quantitative estimate of drug-likeness (QED) is 0.759. The van der Waals surface area contributed by atoms with Crippen molar-refractivity contribution in [3.63, 3.8) is 0 Å². The van der Waals surface area contributed by atoms with Gasteiger partial charge in [0.2, 0.25) is 5.13 Å². The molecule has 1 atom stereocenters. The Morgan fingerprint density at radius 1 is 1.39 bits per heavy atom. The molecule has 1 aromatic heterocycles. The van der Waals surface area contributed by atoms with Crippen LogP contribution in [-0.4, -0.2) is 84.3 Å². The Hall–Kier alpha value is -0.900. The van der Waals surface area contributed by atoms with Crippen LogP contribution in [0, 0.1) is 0 Å². The fraction of sp³-hybridized carbons (Fsp3) is 0.786. The molecule has 3 heterocycles. The molecular formula is C14H22N4O3S2. The first-order chi connectivity index (χ1) is 11.3. The van der Waals surface area contributed by atoms with E-state index in [2.05, 4.69) is 14.3 Å². The molecule has 7 nitrogen and oxygen atoms in total. The summed E-state index contributed by atoms with van der Waals surface area (Å²) in [5, 5.41) is 0.867. The van der Waals surface area contributed by atoms with Crippen molar-refractivity contribution < 1.29 is 14.3 Å². The van der Waals surface area contributed by atoms with Crippen molar-refractivity contribution in [1.82, 2.24) is 14.3 Å². The number of amides is 1. The van der Waals surface area contributed by atoms with Crippen molar-refractivity contribution >= 4 is 34.3 Å². The molecule has 2 aliphatic rings. The summed E-state index contributed by atoms with van der Waals surface area (Å²) in [6.45, 7) is 4.12. The van der Waals surface area contributed by atoms with Gasteiger partial charge in [-0.1, -0.05) is 0 Å². The third kappa shape index (κ3) is 4.34. The second-order valence-corrected chi connectivity index (χ2v) is 7.43. The number of anilines is 1. The lowest BCUT2D eigenvalue weighted by Crippen LogP contribution is -2.52. The molecule has 23 heavy (non-hydrogen) atoms. The van der Waals surface area contributed by atoms with Gasteiger partial charge in [0.1, 0.15) is 5.82 Å². The van der Waals surface area contributed by atoms with Gasteiger partial charge in [0.15, 0.2) is 6.10 Å². The van der Waals surface area contributed by atoms with Gasteiger partial charge in [-0.2, -0.15) is 16.1 Å². The number of ether oxygens (including phenoxy) is 2. The van der Waals surface area contributed by atoms with Crippen molar-refractivity contribution in [3.05, 3.63) is 5.82 Å². The van der Waals surface area contributed by atoms with Crippen molar-refractivity contribution in [2.75, 3.05) is 62.9 Å². The van der Waals surface area contributed by atoms with E-state index in [9.17, 15) is 4.79 Å². The van der Waals surface area contributed by atoms with Crippen LogP contribution >= 0.6 is 23.3 Å². The zero-order chi connectivity index (χ0) is 16.1. The number of carbonyl (C=O) groups excluding carboxylic acids is 1. The monoisotopic (exact) mass is 358 g/mol. The summed E-state index contributed by atoms with van der Waals surface area (Å²) >= 11 is 3.28. The van der Waals surface area contributed by atoms with Crippen LogP contribution < -0.4 is 4.90 Å². The summed E-state index contributed by atoms with van der Waals surface area (Å²) < 4.78 is 15.1. The molecule has 3 rings (SSSR count). The highest BCUT2D eigenvalue weighted by atomic mass is 32.2. The zero-order valence-corrected chi connectivity index (χ0v) is 14.9. The SMILES string of the molecule is COCCc1nsc(N2CCOC(C(=O)N3CCSCC3)C2)n1. The van der Waals surface area contributed by atoms with Crippen LogP contribution in [-0.2, 0) is 20.7 Å². The minimum atomic E-state index is -0.391. The van der Waals surface area contributed by atoms with E-state index in [1.165, 1.54) is 11.5 Å². The maximum Gasteiger partial charge on any atom is 0.253 e. The third-order valence-corrected chi connectivity index (χ3v) is 5.68. The van der Waals surface area contributed by atoms with Crippen LogP contribution in [0.5, 0.6) is 0 Å². The smallest absolute Gasteiger partial charge is 0.253 e. The van der Waals surface area contributed by atoms with Crippen molar-refractivity contribution in [3.8, 4) is 0 Å². The average molecular weight is 358 g/mol. The zero-order valence-electron chi connectivity index (χ0n) is 13.3. The molecule has 1 aromatic rings. The summed E-state index contributed by atoms with van der Waals surface area (Å²) in [7, 11) is 1.67. The van der Waals surface area contributed by atoms with E-state index in [1.807, 2.05) is 16.7 Å². The van der Waals surface area contributed by atoms with E-state index < -0.39 is 6.10 Å². The maximum absolute atomic E-state index is 12.6. The van der Waals surface area contributed by atoms with Gasteiger partial charge in [-0.3, -0.25) is 4.79 Å². The summed E-state index contributed by atoms with van der Waals surface area (Å²) in [6.07, 6.45) is 0.323. The Labute approximate surface area is 144 Å². The highest BCUT2D eigenvalue weighted by Gasteiger charge is 2.32. The molecule has 0 saturated carbocycles. The number of hydrogen-bond acceptors (Lipinski definition) is 8. The summed E-state index contributed by atoms with van der Waals surface area (Å²) in [5.74, 6) is 2.94. The number of nitrogens with zero attached hydrogens (tertiary/aromatic N) is 4. The minimum absolute atomic E-state index is 0.110. The van der Waals surface area contributed by atoms with Gasteiger partial charge in [-0.25, -0.2) is 4.98 Å². The van der Waals surface area contributed by atoms with E-state index in [0.29, 0.717) is 26.2 Å². The van der Waals surface area contributed by atoms with Crippen LogP contribution in [0.4, 0.5) is 5.13 Å². The van der Waals surface area contributed by atoms with E-state index in [4.69, 9.17) is 9.47 Å². The average Bonchev–Trinajstić information content (AvgIpc) is 3.09. The minimum Gasteiger partial charge on any atom is -0.384 e. The van der Waals surface area contributed by atoms with Crippen LogP contribution in [0.3, 0.4) is 0 Å². The molecule has 128 valence electrons. The fourth-order valence-corrected chi connectivity index (χ4v) is 4.28. The van der Waals surface area contributed by atoms with Crippen LogP contribution in [0.25, 0.3) is 0 Å². The summed E-state index contributed by atoms with van der Waals surface area (Å²) in [4.78, 5) is 21.2. The maximum atomic E-state index is 12.6. The molecule has 2 fully saturated rings. The molecule has 0 aromatic carbocycles. The molecule has 2 aliphatic heterocycles. The Morgan fingerprint density at radius 3 is 3.00 bits per heavy atom. The molecule has 1 unspecified atom stereocenters. The first-order valence-electron chi connectivity index (χ1n) is 7.82. The van der Waals surface area contributed by atoms with Gasteiger partial charge in [0.05, 0.1) is 19.8 Å². The first-order valence-corrected chi connectivity index (χ1v) is 9.75. The lowest BCUT2D eigenvalue weighted by molar-refractivity contribution is -0.144. The van der Waals surface area contributed by atoms with Gasteiger partial charge < -0.3 is 19.3 Å². The number of morpholine rings is 1. The lowest BCUT2D eigenvalue weighted by atomic mass is 10.2. The third-order valence-electron chi connectivity index (χ3n) is 3.92. The molecule has 0 aliphatic carbocycles. The Balaban J connectivity index is 1.59. The fourth-order valence-electron chi connectivity index (χ4n) is 2.63. The predicted octanol–water partition coefficient (Wildman–Crippen LogP) is 0.508. The molecule has 9 heteroatoms. The lowest BCUT2D eigenvalue weighted by Gasteiger charge is -2.35. The van der Waals surface area contributed by atoms with Gasteiger partial charge >= 0.3 is 0 Å². The number of aromatic nitrogens is 2. The second kappa shape index (κ2) is 8.27. The van der Waals surface area contributed by atoms with E-state index in [0.717, 1.165) is 42.1 Å². The van der Waals surface area contributed by atoms with Gasteiger partial charge in [-0.05, 0) is 0 Å². The van der Waals surface area contributed by atoms with E-state index in [-0.39, 0.29) is 5.91 Å².